The molecule has 1 saturated carbocycles. The molecule has 0 spiro atoms. The number of fused-ring (bicyclic) bond motifs is 2. The fraction of sp³-hybridized carbons (Fsp3) is 0.520. The Hall–Kier alpha value is -2.53. The third kappa shape index (κ3) is 7.23. The van der Waals surface area contributed by atoms with Crippen LogP contribution in [0, 0.1) is 18.8 Å². The summed E-state index contributed by atoms with van der Waals surface area (Å²) in [5.74, 6) is 2.39. The Morgan fingerprint density at radius 1 is 1.06 bits per heavy atom. The minimum Gasteiger partial charge on any atom is -0.412 e. The van der Waals surface area contributed by atoms with Crippen LogP contribution < -0.4 is 11.1 Å². The van der Waals surface area contributed by atoms with E-state index >= 15 is 0 Å². The van der Waals surface area contributed by atoms with Gasteiger partial charge in [0, 0.05) is 13.3 Å². The molecule has 3 aromatic rings. The lowest BCUT2D eigenvalue weighted by Crippen LogP contribution is -2.15. The molecule has 2 fully saturated rings. The Labute approximate surface area is 208 Å². The van der Waals surface area contributed by atoms with Crippen molar-refractivity contribution in [3.05, 3.63) is 48.4 Å². The quantitative estimate of drug-likeness (QED) is 0.544. The summed E-state index contributed by atoms with van der Waals surface area (Å²) >= 11 is 0. The minimum absolute atomic E-state index is 0. The summed E-state index contributed by atoms with van der Waals surface area (Å²) in [7, 11) is -1.98. The van der Waals surface area contributed by atoms with Crippen molar-refractivity contribution in [1.82, 2.24) is 19.3 Å². The highest BCUT2D eigenvalue weighted by Gasteiger charge is 2.30. The average molecular weight is 506 g/mol. The third-order valence-electron chi connectivity index (χ3n) is 6.30. The maximum absolute atomic E-state index is 12.6. The van der Waals surface area contributed by atoms with Crippen molar-refractivity contribution in [1.29, 1.82) is 0 Å². The second-order valence-corrected chi connectivity index (χ2v) is 11.7. The maximum Gasteiger partial charge on any atom is 0.269 e. The minimum atomic E-state index is -3.68. The van der Waals surface area contributed by atoms with E-state index in [1.807, 2.05) is 27.7 Å². The second kappa shape index (κ2) is 11.9. The normalized spacial score (nSPS) is 19.1. The van der Waals surface area contributed by atoms with Crippen molar-refractivity contribution in [2.24, 2.45) is 11.8 Å². The number of aromatic nitrogens is 3. The summed E-state index contributed by atoms with van der Waals surface area (Å²) in [6.07, 6.45) is 7.18. The van der Waals surface area contributed by atoms with E-state index in [0.29, 0.717) is 5.39 Å². The van der Waals surface area contributed by atoms with Crippen LogP contribution in [0.5, 0.6) is 0 Å². The van der Waals surface area contributed by atoms with Gasteiger partial charge in [-0.1, -0.05) is 24.1 Å². The predicted molar refractivity (Wildman–Crippen MR) is 140 cm³/mol. The molecule has 3 heterocycles. The van der Waals surface area contributed by atoms with E-state index in [2.05, 4.69) is 15.3 Å². The Morgan fingerprint density at radius 2 is 1.63 bits per heavy atom. The Bertz CT molecular complexity index is 1170. The number of anilines is 1. The van der Waals surface area contributed by atoms with Crippen LogP contribution >= 0.6 is 0 Å². The Balaban J connectivity index is 0.000000237. The molecule has 35 heavy (non-hydrogen) atoms. The van der Waals surface area contributed by atoms with Crippen molar-refractivity contribution in [2.45, 2.75) is 57.5 Å². The van der Waals surface area contributed by atoms with Crippen LogP contribution in [-0.2, 0) is 14.8 Å². The number of nitrogens with one attached hydrogen (secondary N) is 1. The zero-order chi connectivity index (χ0) is 24.9. The SMILES string of the molecule is C1C[C@@H]2CNC[C@@H]2C1.COC(C)(C)C.Cc1ccc(S(=O)(=O)n2ccc3c(N)ncnc32)cc1.O. The number of nitrogens with zero attached hydrogens (tertiary/aromatic N) is 3. The van der Waals surface area contributed by atoms with Gasteiger partial charge in [-0.3, -0.25) is 0 Å². The van der Waals surface area contributed by atoms with Crippen LogP contribution in [0.25, 0.3) is 11.0 Å². The average Bonchev–Trinajstić information content (AvgIpc) is 3.51. The Morgan fingerprint density at radius 3 is 2.17 bits per heavy atom. The van der Waals surface area contributed by atoms with Crippen molar-refractivity contribution in [3.8, 4) is 0 Å². The molecule has 5 rings (SSSR count). The molecular formula is C25H39N5O4S. The van der Waals surface area contributed by atoms with Gasteiger partial charge in [0.1, 0.15) is 12.1 Å². The van der Waals surface area contributed by atoms with Gasteiger partial charge in [-0.2, -0.15) is 0 Å². The zero-order valence-electron chi connectivity index (χ0n) is 21.3. The molecule has 0 unspecified atom stereocenters. The van der Waals surface area contributed by atoms with Gasteiger partial charge in [0.15, 0.2) is 5.65 Å². The lowest BCUT2D eigenvalue weighted by Gasteiger charge is -2.14. The number of aryl methyl sites for hydroxylation is 1. The number of methoxy groups -OCH3 is 1. The topological polar surface area (TPSA) is 144 Å². The van der Waals surface area contributed by atoms with Crippen LogP contribution in [0.15, 0.2) is 47.8 Å². The van der Waals surface area contributed by atoms with E-state index < -0.39 is 10.0 Å². The smallest absolute Gasteiger partial charge is 0.269 e. The monoisotopic (exact) mass is 505 g/mol. The molecule has 1 saturated heterocycles. The van der Waals surface area contributed by atoms with Crippen LogP contribution in [0.3, 0.4) is 0 Å². The highest BCUT2D eigenvalue weighted by molar-refractivity contribution is 7.90. The molecule has 2 aromatic heterocycles. The molecule has 5 N–H and O–H groups in total. The first-order valence-corrected chi connectivity index (χ1v) is 13.1. The van der Waals surface area contributed by atoms with Crippen LogP contribution in [-0.4, -0.2) is 53.6 Å². The second-order valence-electron chi connectivity index (χ2n) is 9.85. The van der Waals surface area contributed by atoms with Gasteiger partial charge in [-0.25, -0.2) is 22.4 Å². The van der Waals surface area contributed by atoms with Gasteiger partial charge in [0.25, 0.3) is 10.0 Å². The largest absolute Gasteiger partial charge is 0.412 e. The highest BCUT2D eigenvalue weighted by Crippen LogP contribution is 2.33. The molecule has 1 aromatic carbocycles. The van der Waals surface area contributed by atoms with E-state index in [4.69, 9.17) is 10.5 Å². The number of benzene rings is 1. The molecule has 194 valence electrons. The highest BCUT2D eigenvalue weighted by atomic mass is 32.2. The van der Waals surface area contributed by atoms with Crippen molar-refractivity contribution in [2.75, 3.05) is 25.9 Å². The number of nitrogen functional groups attached to an aromatic ring is 1. The standard InChI is InChI=1S/C13H12N4O2S.C7H13N.C5H12O.H2O/c1-9-2-4-10(5-3-9)20(18,19)17-7-6-11-12(14)15-8-16-13(11)17;1-2-6-4-8-5-7(6)3-1;1-5(2,3)6-4;/h2-8H,1H3,(H2,14,15,16);6-8H,1-5H2;1-4H3;1H2/t;6-,7+;;. The van der Waals surface area contributed by atoms with E-state index in [1.165, 1.54) is 44.9 Å². The van der Waals surface area contributed by atoms with Crippen LogP contribution in [0.4, 0.5) is 5.82 Å². The molecule has 0 radical (unpaired) electrons. The number of hydrogen-bond donors (Lipinski definition) is 2. The maximum atomic E-state index is 12.6. The molecule has 0 amide bonds. The summed E-state index contributed by atoms with van der Waals surface area (Å²) in [6, 6.07) is 8.24. The first kappa shape index (κ1) is 28.7. The first-order chi connectivity index (χ1) is 16.0. The Kier molecular flexibility index (Phi) is 9.79. The van der Waals surface area contributed by atoms with Crippen molar-refractivity contribution in [3.63, 3.8) is 0 Å². The summed E-state index contributed by atoms with van der Waals surface area (Å²) in [5.41, 5.74) is 7.02. The molecule has 2 aliphatic rings. The molecule has 1 aliphatic carbocycles. The van der Waals surface area contributed by atoms with Gasteiger partial charge in [-0.15, -0.1) is 0 Å². The fourth-order valence-corrected chi connectivity index (χ4v) is 5.37. The number of rotatable bonds is 2. The van der Waals surface area contributed by atoms with Crippen molar-refractivity contribution < 1.29 is 18.6 Å². The van der Waals surface area contributed by atoms with E-state index in [-0.39, 0.29) is 27.4 Å². The molecule has 0 bridgehead atoms. The van der Waals surface area contributed by atoms with Gasteiger partial charge in [0.2, 0.25) is 0 Å². The molecule has 2 atom stereocenters. The number of hydrogen-bond acceptors (Lipinski definition) is 7. The van der Waals surface area contributed by atoms with Crippen molar-refractivity contribution >= 4 is 26.9 Å². The zero-order valence-corrected chi connectivity index (χ0v) is 22.1. The number of ether oxygens (including phenoxy) is 1. The van der Waals surface area contributed by atoms with Crippen LogP contribution in [0.1, 0.15) is 45.6 Å². The third-order valence-corrected chi connectivity index (χ3v) is 7.98. The van der Waals surface area contributed by atoms with E-state index in [0.717, 1.165) is 21.4 Å². The van der Waals surface area contributed by atoms with E-state index in [1.54, 1.807) is 37.4 Å². The van der Waals surface area contributed by atoms with E-state index in [9.17, 15) is 8.42 Å². The van der Waals surface area contributed by atoms with Gasteiger partial charge >= 0.3 is 0 Å². The molecule has 10 heteroatoms. The number of nitrogens with two attached hydrogens (primary N) is 1. The summed E-state index contributed by atoms with van der Waals surface area (Å²) < 4.78 is 31.2. The summed E-state index contributed by atoms with van der Waals surface area (Å²) in [6.45, 7) is 10.6. The predicted octanol–water partition coefficient (Wildman–Crippen LogP) is 3.17. The van der Waals surface area contributed by atoms with Crippen LogP contribution in [0.2, 0.25) is 0 Å². The van der Waals surface area contributed by atoms with Gasteiger partial charge in [0.05, 0.1) is 15.9 Å². The molecule has 1 aliphatic heterocycles. The lowest BCUT2D eigenvalue weighted by molar-refractivity contribution is 0.0397. The summed E-state index contributed by atoms with van der Waals surface area (Å²) in [5, 5.41) is 3.94. The molecule has 9 nitrogen and oxygen atoms in total. The molecular weight excluding hydrogens is 466 g/mol. The summed E-state index contributed by atoms with van der Waals surface area (Å²) in [4.78, 5) is 8.06. The fourth-order valence-electron chi connectivity index (χ4n) is 4.07. The van der Waals surface area contributed by atoms with Gasteiger partial charge < -0.3 is 21.3 Å². The lowest BCUT2D eigenvalue weighted by atomic mass is 10.0. The first-order valence-electron chi connectivity index (χ1n) is 11.7. The van der Waals surface area contributed by atoms with Gasteiger partial charge in [-0.05, 0) is 83.7 Å².